The van der Waals surface area contributed by atoms with Crippen LogP contribution in [0.3, 0.4) is 0 Å². The standard InChI is InChI=1S/C18H20N2O4S/c1-20(2)18(21)17(13-6-4-3-5-7-13)19-25(22,23)15-8-9-16-14(12-15)10-11-24-16/h3-9,12,17,19H,10-11H2,1-2H3. The van der Waals surface area contributed by atoms with Gasteiger partial charge in [-0.2, -0.15) is 4.72 Å². The van der Waals surface area contributed by atoms with E-state index in [-0.39, 0.29) is 10.8 Å². The first-order valence-corrected chi connectivity index (χ1v) is 9.41. The molecular weight excluding hydrogens is 340 g/mol. The molecule has 1 atom stereocenters. The highest BCUT2D eigenvalue weighted by molar-refractivity contribution is 7.89. The molecule has 1 aliphatic heterocycles. The fraction of sp³-hybridized carbons (Fsp3) is 0.278. The molecule has 1 amide bonds. The summed E-state index contributed by atoms with van der Waals surface area (Å²) >= 11 is 0. The largest absolute Gasteiger partial charge is 0.493 e. The van der Waals surface area contributed by atoms with E-state index in [1.165, 1.54) is 11.0 Å². The Balaban J connectivity index is 1.94. The summed E-state index contributed by atoms with van der Waals surface area (Å²) < 4.78 is 33.6. The number of nitrogens with zero attached hydrogens (tertiary/aromatic N) is 1. The first-order chi connectivity index (χ1) is 11.9. The van der Waals surface area contributed by atoms with Gasteiger partial charge in [0.05, 0.1) is 11.5 Å². The number of carbonyl (C=O) groups excluding carboxylic acids is 1. The van der Waals surface area contributed by atoms with Crippen molar-refractivity contribution < 1.29 is 17.9 Å². The molecule has 0 saturated carbocycles. The van der Waals surface area contributed by atoms with Crippen LogP contribution >= 0.6 is 0 Å². The third-order valence-corrected chi connectivity index (χ3v) is 5.49. The summed E-state index contributed by atoms with van der Waals surface area (Å²) in [4.78, 5) is 14.0. The highest BCUT2D eigenvalue weighted by Crippen LogP contribution is 2.28. The van der Waals surface area contributed by atoms with Crippen molar-refractivity contribution in [2.45, 2.75) is 17.4 Å². The highest BCUT2D eigenvalue weighted by Gasteiger charge is 2.29. The molecule has 0 bridgehead atoms. The van der Waals surface area contributed by atoms with Gasteiger partial charge in [0.1, 0.15) is 11.8 Å². The van der Waals surface area contributed by atoms with E-state index in [0.29, 0.717) is 24.3 Å². The molecule has 7 heteroatoms. The Morgan fingerprint density at radius 3 is 2.56 bits per heavy atom. The normalized spacial score (nSPS) is 14.5. The summed E-state index contributed by atoms with van der Waals surface area (Å²) in [6.07, 6.45) is 0.678. The van der Waals surface area contributed by atoms with Crippen molar-refractivity contribution in [1.29, 1.82) is 0 Å². The lowest BCUT2D eigenvalue weighted by atomic mass is 10.1. The topological polar surface area (TPSA) is 75.7 Å². The van der Waals surface area contributed by atoms with Gasteiger partial charge in [-0.3, -0.25) is 4.79 Å². The van der Waals surface area contributed by atoms with Crippen molar-refractivity contribution in [3.63, 3.8) is 0 Å². The molecule has 1 heterocycles. The van der Waals surface area contributed by atoms with E-state index in [2.05, 4.69) is 4.72 Å². The molecule has 1 N–H and O–H groups in total. The van der Waals surface area contributed by atoms with Crippen LogP contribution in [0.4, 0.5) is 0 Å². The smallest absolute Gasteiger partial charge is 0.244 e. The molecule has 1 unspecified atom stereocenters. The number of carbonyl (C=O) groups is 1. The second-order valence-electron chi connectivity index (χ2n) is 6.07. The third-order valence-electron chi connectivity index (χ3n) is 4.06. The molecule has 0 saturated heterocycles. The zero-order valence-electron chi connectivity index (χ0n) is 14.1. The van der Waals surface area contributed by atoms with Gasteiger partial charge < -0.3 is 9.64 Å². The SMILES string of the molecule is CN(C)C(=O)C(NS(=O)(=O)c1ccc2c(c1)CCO2)c1ccccc1. The number of ether oxygens (including phenoxy) is 1. The predicted octanol–water partition coefficient (Wildman–Crippen LogP) is 1.73. The lowest BCUT2D eigenvalue weighted by Crippen LogP contribution is -2.39. The van der Waals surface area contributed by atoms with Crippen molar-refractivity contribution >= 4 is 15.9 Å². The molecule has 0 aliphatic carbocycles. The van der Waals surface area contributed by atoms with E-state index in [1.807, 2.05) is 6.07 Å². The molecule has 0 radical (unpaired) electrons. The van der Waals surface area contributed by atoms with E-state index >= 15 is 0 Å². The van der Waals surface area contributed by atoms with Crippen LogP contribution < -0.4 is 9.46 Å². The lowest BCUT2D eigenvalue weighted by molar-refractivity contribution is -0.130. The van der Waals surface area contributed by atoms with Crippen molar-refractivity contribution in [2.24, 2.45) is 0 Å². The van der Waals surface area contributed by atoms with Crippen LogP contribution in [-0.2, 0) is 21.2 Å². The Labute approximate surface area is 147 Å². The van der Waals surface area contributed by atoms with Crippen LogP contribution in [0.2, 0.25) is 0 Å². The molecule has 2 aromatic rings. The molecule has 6 nitrogen and oxygen atoms in total. The minimum absolute atomic E-state index is 0.129. The van der Waals surface area contributed by atoms with Crippen LogP contribution in [0.25, 0.3) is 0 Å². The molecular formula is C18H20N2O4S. The van der Waals surface area contributed by atoms with Gasteiger partial charge in [-0.1, -0.05) is 30.3 Å². The van der Waals surface area contributed by atoms with Crippen molar-refractivity contribution in [2.75, 3.05) is 20.7 Å². The number of sulfonamides is 1. The van der Waals surface area contributed by atoms with E-state index in [9.17, 15) is 13.2 Å². The predicted molar refractivity (Wildman–Crippen MR) is 93.8 cm³/mol. The van der Waals surface area contributed by atoms with Crippen molar-refractivity contribution in [3.8, 4) is 5.75 Å². The van der Waals surface area contributed by atoms with Crippen molar-refractivity contribution in [3.05, 3.63) is 59.7 Å². The molecule has 2 aromatic carbocycles. The molecule has 0 fully saturated rings. The maximum absolute atomic E-state index is 12.8. The van der Waals surface area contributed by atoms with E-state index in [0.717, 1.165) is 5.56 Å². The molecule has 3 rings (SSSR count). The van der Waals surface area contributed by atoms with Crippen molar-refractivity contribution in [1.82, 2.24) is 9.62 Å². The third kappa shape index (κ3) is 3.67. The number of benzene rings is 2. The second kappa shape index (κ2) is 6.85. The molecule has 25 heavy (non-hydrogen) atoms. The van der Waals surface area contributed by atoms with Gasteiger partial charge in [-0.15, -0.1) is 0 Å². The molecule has 0 aromatic heterocycles. The fourth-order valence-corrected chi connectivity index (χ4v) is 3.95. The van der Waals surface area contributed by atoms with Crippen LogP contribution in [-0.4, -0.2) is 39.9 Å². The average molecular weight is 360 g/mol. The zero-order valence-corrected chi connectivity index (χ0v) is 14.9. The van der Waals surface area contributed by atoms with Gasteiger partial charge in [0, 0.05) is 20.5 Å². The maximum atomic E-state index is 12.8. The number of rotatable bonds is 5. The quantitative estimate of drug-likeness (QED) is 0.881. The lowest BCUT2D eigenvalue weighted by Gasteiger charge is -2.22. The Morgan fingerprint density at radius 1 is 1.16 bits per heavy atom. The zero-order chi connectivity index (χ0) is 18.0. The Hall–Kier alpha value is -2.38. The van der Waals surface area contributed by atoms with Gasteiger partial charge >= 0.3 is 0 Å². The number of likely N-dealkylation sites (N-methyl/N-ethyl adjacent to an activating group) is 1. The minimum atomic E-state index is -3.86. The van der Waals surface area contributed by atoms with Gasteiger partial charge in [0.2, 0.25) is 15.9 Å². The van der Waals surface area contributed by atoms with E-state index in [4.69, 9.17) is 4.74 Å². The summed E-state index contributed by atoms with van der Waals surface area (Å²) in [5.41, 5.74) is 1.45. The Bertz CT molecular complexity index is 879. The second-order valence-corrected chi connectivity index (χ2v) is 7.78. The van der Waals surface area contributed by atoms with Gasteiger partial charge in [0.15, 0.2) is 0 Å². The fourth-order valence-electron chi connectivity index (χ4n) is 2.72. The van der Waals surface area contributed by atoms with E-state index < -0.39 is 16.1 Å². The minimum Gasteiger partial charge on any atom is -0.493 e. The maximum Gasteiger partial charge on any atom is 0.244 e. The van der Waals surface area contributed by atoms with Crippen LogP contribution in [0.15, 0.2) is 53.4 Å². The number of hydrogen-bond donors (Lipinski definition) is 1. The summed E-state index contributed by atoms with van der Waals surface area (Å²) in [5, 5.41) is 0. The Morgan fingerprint density at radius 2 is 1.88 bits per heavy atom. The average Bonchev–Trinajstić information content (AvgIpc) is 3.07. The highest BCUT2D eigenvalue weighted by atomic mass is 32.2. The van der Waals surface area contributed by atoms with Gasteiger partial charge in [-0.05, 0) is 29.3 Å². The molecule has 132 valence electrons. The monoisotopic (exact) mass is 360 g/mol. The number of fused-ring (bicyclic) bond motifs is 1. The van der Waals surface area contributed by atoms with Crippen LogP contribution in [0.5, 0.6) is 5.75 Å². The van der Waals surface area contributed by atoms with Gasteiger partial charge in [-0.25, -0.2) is 8.42 Å². The number of amides is 1. The number of hydrogen-bond acceptors (Lipinski definition) is 4. The van der Waals surface area contributed by atoms with Gasteiger partial charge in [0.25, 0.3) is 0 Å². The summed E-state index contributed by atoms with van der Waals surface area (Å²) in [5.74, 6) is 0.377. The number of nitrogens with one attached hydrogen (secondary N) is 1. The summed E-state index contributed by atoms with van der Waals surface area (Å²) in [6.45, 7) is 0.554. The van der Waals surface area contributed by atoms with Crippen LogP contribution in [0, 0.1) is 0 Å². The first kappa shape index (κ1) is 17.4. The Kier molecular flexibility index (Phi) is 4.78. The summed E-state index contributed by atoms with van der Waals surface area (Å²) in [6, 6.07) is 12.6. The molecule has 1 aliphatic rings. The van der Waals surface area contributed by atoms with Crippen LogP contribution in [0.1, 0.15) is 17.2 Å². The van der Waals surface area contributed by atoms with E-state index in [1.54, 1.807) is 50.5 Å². The molecule has 0 spiro atoms. The summed E-state index contributed by atoms with van der Waals surface area (Å²) in [7, 11) is -0.668. The first-order valence-electron chi connectivity index (χ1n) is 7.92.